The minimum Gasteiger partial charge on any atom is -0.496 e. The molecular formula is C29H28N2O5. The van der Waals surface area contributed by atoms with Gasteiger partial charge in [-0.3, -0.25) is 9.59 Å². The quantitative estimate of drug-likeness (QED) is 0.278. The number of methoxy groups -OCH3 is 1. The van der Waals surface area contributed by atoms with Gasteiger partial charge in [0.25, 0.3) is 0 Å². The fourth-order valence-electron chi connectivity index (χ4n) is 4.01. The number of para-hydroxylation sites is 1. The molecule has 4 aromatic rings. The molecule has 0 fully saturated rings. The number of carbonyl (C=O) groups is 2. The number of fused-ring (bicyclic) bond motifs is 1. The SMILES string of the molecule is CCOc1cc2occ(-c3ccccc3OC)c2cc1/C(C)=C/C(=O)Nc1ccc(NC(C)=O)cc1. The number of furan rings is 1. The van der Waals surface area contributed by atoms with Crippen LogP contribution < -0.4 is 20.1 Å². The van der Waals surface area contributed by atoms with Crippen molar-refractivity contribution in [3.8, 4) is 22.6 Å². The Bertz CT molecular complexity index is 1430. The number of ether oxygens (including phenoxy) is 2. The van der Waals surface area contributed by atoms with Gasteiger partial charge in [0, 0.05) is 52.5 Å². The predicted molar refractivity (Wildman–Crippen MR) is 142 cm³/mol. The van der Waals surface area contributed by atoms with E-state index in [9.17, 15) is 9.59 Å². The largest absolute Gasteiger partial charge is 0.496 e. The Labute approximate surface area is 209 Å². The maximum absolute atomic E-state index is 12.8. The number of carbonyl (C=O) groups excluding carboxylic acids is 2. The normalized spacial score (nSPS) is 11.3. The van der Waals surface area contributed by atoms with Crippen molar-refractivity contribution in [3.05, 3.63) is 78.6 Å². The molecule has 0 aliphatic heterocycles. The lowest BCUT2D eigenvalue weighted by Gasteiger charge is -2.12. The highest BCUT2D eigenvalue weighted by molar-refractivity contribution is 6.05. The topological polar surface area (TPSA) is 89.8 Å². The van der Waals surface area contributed by atoms with E-state index in [1.165, 1.54) is 13.0 Å². The number of amides is 2. The third kappa shape index (κ3) is 5.41. The predicted octanol–water partition coefficient (Wildman–Crippen LogP) is 6.51. The standard InChI is InChI=1S/C29H28N2O5/c1-5-35-27-16-28-24(25(17-36-28)22-8-6-7-9-26(22)34-4)15-23(27)18(2)14-29(33)31-21-12-10-20(11-13-21)30-19(3)32/h6-17H,5H2,1-4H3,(H,30,32)(H,31,33)/b18-14+. The summed E-state index contributed by atoms with van der Waals surface area (Å²) in [4.78, 5) is 24.0. The van der Waals surface area contributed by atoms with E-state index in [2.05, 4.69) is 10.6 Å². The van der Waals surface area contributed by atoms with Crippen LogP contribution in [0.1, 0.15) is 26.3 Å². The second-order valence-electron chi connectivity index (χ2n) is 8.20. The molecule has 1 heterocycles. The number of hydrogen-bond donors (Lipinski definition) is 2. The van der Waals surface area contributed by atoms with Gasteiger partial charge in [-0.2, -0.15) is 0 Å². The molecule has 2 amide bonds. The third-order valence-corrected chi connectivity index (χ3v) is 5.62. The molecule has 0 aliphatic carbocycles. The molecule has 36 heavy (non-hydrogen) atoms. The van der Waals surface area contributed by atoms with Gasteiger partial charge < -0.3 is 24.5 Å². The van der Waals surface area contributed by atoms with E-state index in [1.807, 2.05) is 50.2 Å². The molecule has 0 saturated carbocycles. The first-order chi connectivity index (χ1) is 17.4. The molecule has 0 atom stereocenters. The number of nitrogens with one attached hydrogen (secondary N) is 2. The molecule has 4 rings (SSSR count). The molecule has 0 saturated heterocycles. The average molecular weight is 485 g/mol. The van der Waals surface area contributed by atoms with Crippen molar-refractivity contribution < 1.29 is 23.5 Å². The van der Waals surface area contributed by atoms with Crippen molar-refractivity contribution >= 4 is 39.7 Å². The summed E-state index contributed by atoms with van der Waals surface area (Å²) in [7, 11) is 1.64. The molecule has 0 aliphatic rings. The Morgan fingerprint density at radius 2 is 1.61 bits per heavy atom. The number of allylic oxidation sites excluding steroid dienone is 1. The minimum absolute atomic E-state index is 0.154. The molecule has 0 radical (unpaired) electrons. The first-order valence-corrected chi connectivity index (χ1v) is 11.6. The fourth-order valence-corrected chi connectivity index (χ4v) is 4.01. The Balaban J connectivity index is 1.66. The van der Waals surface area contributed by atoms with Crippen LogP contribution in [0.15, 0.2) is 77.4 Å². The van der Waals surface area contributed by atoms with Crippen LogP contribution in [0, 0.1) is 0 Å². The first-order valence-electron chi connectivity index (χ1n) is 11.6. The van der Waals surface area contributed by atoms with Gasteiger partial charge in [-0.25, -0.2) is 0 Å². The van der Waals surface area contributed by atoms with Crippen molar-refractivity contribution in [2.45, 2.75) is 20.8 Å². The van der Waals surface area contributed by atoms with Crippen molar-refractivity contribution in [2.75, 3.05) is 24.4 Å². The van der Waals surface area contributed by atoms with E-state index in [4.69, 9.17) is 13.9 Å². The van der Waals surface area contributed by atoms with Gasteiger partial charge in [0.2, 0.25) is 11.8 Å². The molecule has 1 aromatic heterocycles. The molecule has 2 N–H and O–H groups in total. The van der Waals surface area contributed by atoms with E-state index in [0.29, 0.717) is 29.3 Å². The van der Waals surface area contributed by atoms with Crippen molar-refractivity contribution in [3.63, 3.8) is 0 Å². The Hall–Kier alpha value is -4.52. The van der Waals surface area contributed by atoms with Gasteiger partial charge in [-0.15, -0.1) is 0 Å². The Kier molecular flexibility index (Phi) is 7.39. The monoisotopic (exact) mass is 484 g/mol. The van der Waals surface area contributed by atoms with Crippen LogP contribution in [0.2, 0.25) is 0 Å². The highest BCUT2D eigenvalue weighted by atomic mass is 16.5. The number of hydrogen-bond acceptors (Lipinski definition) is 5. The lowest BCUT2D eigenvalue weighted by atomic mass is 9.98. The van der Waals surface area contributed by atoms with Gasteiger partial charge >= 0.3 is 0 Å². The Morgan fingerprint density at radius 3 is 2.28 bits per heavy atom. The second kappa shape index (κ2) is 10.8. The summed E-state index contributed by atoms with van der Waals surface area (Å²) in [5.41, 5.74) is 5.29. The van der Waals surface area contributed by atoms with Crippen LogP contribution in [-0.4, -0.2) is 25.5 Å². The summed E-state index contributed by atoms with van der Waals surface area (Å²) in [6.07, 6.45) is 3.24. The van der Waals surface area contributed by atoms with Gasteiger partial charge in [0.1, 0.15) is 17.1 Å². The summed E-state index contributed by atoms with van der Waals surface area (Å²) in [6.45, 7) is 5.69. The molecule has 0 bridgehead atoms. The van der Waals surface area contributed by atoms with Crippen LogP contribution in [0.3, 0.4) is 0 Å². The minimum atomic E-state index is -0.278. The highest BCUT2D eigenvalue weighted by Gasteiger charge is 2.17. The van der Waals surface area contributed by atoms with E-state index in [0.717, 1.165) is 33.4 Å². The van der Waals surface area contributed by atoms with Crippen LogP contribution in [-0.2, 0) is 9.59 Å². The molecule has 184 valence electrons. The first kappa shape index (κ1) is 24.6. The lowest BCUT2D eigenvalue weighted by molar-refractivity contribution is -0.114. The summed E-state index contributed by atoms with van der Waals surface area (Å²) >= 11 is 0. The molecule has 0 unspecified atom stereocenters. The molecule has 0 spiro atoms. The summed E-state index contributed by atoms with van der Waals surface area (Å²) in [5.74, 6) is 0.942. The second-order valence-corrected chi connectivity index (χ2v) is 8.20. The number of rotatable bonds is 8. The zero-order chi connectivity index (χ0) is 25.7. The van der Waals surface area contributed by atoms with E-state index in [-0.39, 0.29) is 11.8 Å². The van der Waals surface area contributed by atoms with Gasteiger partial charge in [-0.1, -0.05) is 18.2 Å². The fraction of sp³-hybridized carbons (Fsp3) is 0.172. The third-order valence-electron chi connectivity index (χ3n) is 5.62. The van der Waals surface area contributed by atoms with Gasteiger partial charge in [0.15, 0.2) is 0 Å². The number of benzene rings is 3. The molecule has 7 nitrogen and oxygen atoms in total. The van der Waals surface area contributed by atoms with Crippen LogP contribution >= 0.6 is 0 Å². The van der Waals surface area contributed by atoms with Crippen molar-refractivity contribution in [1.82, 2.24) is 0 Å². The van der Waals surface area contributed by atoms with Gasteiger partial charge in [0.05, 0.1) is 20.0 Å². The smallest absolute Gasteiger partial charge is 0.248 e. The highest BCUT2D eigenvalue weighted by Crippen LogP contribution is 2.40. The van der Waals surface area contributed by atoms with Crippen LogP contribution in [0.4, 0.5) is 11.4 Å². The van der Waals surface area contributed by atoms with E-state index < -0.39 is 0 Å². The van der Waals surface area contributed by atoms with E-state index in [1.54, 1.807) is 37.6 Å². The van der Waals surface area contributed by atoms with E-state index >= 15 is 0 Å². The average Bonchev–Trinajstić information content (AvgIpc) is 3.27. The Morgan fingerprint density at radius 1 is 0.917 bits per heavy atom. The maximum atomic E-state index is 12.8. The summed E-state index contributed by atoms with van der Waals surface area (Å²) in [5, 5.41) is 6.44. The molecule has 3 aromatic carbocycles. The summed E-state index contributed by atoms with van der Waals surface area (Å²) < 4.78 is 17.3. The van der Waals surface area contributed by atoms with Crippen LogP contribution in [0.25, 0.3) is 27.7 Å². The number of anilines is 2. The summed E-state index contributed by atoms with van der Waals surface area (Å²) in [6, 6.07) is 18.5. The van der Waals surface area contributed by atoms with Crippen LogP contribution in [0.5, 0.6) is 11.5 Å². The lowest BCUT2D eigenvalue weighted by Crippen LogP contribution is -2.09. The maximum Gasteiger partial charge on any atom is 0.248 e. The molecule has 7 heteroatoms. The molecular weight excluding hydrogens is 456 g/mol. The van der Waals surface area contributed by atoms with Crippen molar-refractivity contribution in [2.24, 2.45) is 0 Å². The zero-order valence-corrected chi connectivity index (χ0v) is 20.7. The van der Waals surface area contributed by atoms with Gasteiger partial charge in [-0.05, 0) is 55.8 Å². The van der Waals surface area contributed by atoms with Crippen molar-refractivity contribution in [1.29, 1.82) is 0 Å². The zero-order valence-electron chi connectivity index (χ0n) is 20.7.